The van der Waals surface area contributed by atoms with Crippen molar-refractivity contribution in [3.05, 3.63) is 76.3 Å². The Morgan fingerprint density at radius 2 is 1.73 bits per heavy atom. The fourth-order valence-electron chi connectivity index (χ4n) is 2.91. The monoisotopic (exact) mass is 418 g/mol. The fourth-order valence-corrected chi connectivity index (χ4v) is 3.78. The smallest absolute Gasteiger partial charge is 0.278 e. The van der Waals surface area contributed by atoms with Crippen LogP contribution in [0.5, 0.6) is 0 Å². The van der Waals surface area contributed by atoms with Crippen molar-refractivity contribution in [1.29, 1.82) is 0 Å². The van der Waals surface area contributed by atoms with Gasteiger partial charge in [0.25, 0.3) is 5.56 Å². The molecule has 0 saturated carbocycles. The largest absolute Gasteiger partial charge is 0.324 e. The van der Waals surface area contributed by atoms with Crippen molar-refractivity contribution in [3.63, 3.8) is 0 Å². The van der Waals surface area contributed by atoms with Gasteiger partial charge in [-0.1, -0.05) is 17.3 Å². The highest BCUT2D eigenvalue weighted by Crippen LogP contribution is 2.26. The van der Waals surface area contributed by atoms with Crippen molar-refractivity contribution in [2.24, 2.45) is 0 Å². The van der Waals surface area contributed by atoms with Gasteiger partial charge < -0.3 is 5.32 Å². The molecule has 0 bridgehead atoms. The van der Waals surface area contributed by atoms with E-state index in [1.807, 2.05) is 32.0 Å². The number of nitrogens with zero attached hydrogens (tertiary/aromatic N) is 5. The molecule has 4 rings (SSSR count). The summed E-state index contributed by atoms with van der Waals surface area (Å²) in [4.78, 5) is 34.6. The van der Waals surface area contributed by atoms with Gasteiger partial charge in [-0.2, -0.15) is 0 Å². The molecule has 8 nitrogen and oxygen atoms in total. The molecule has 150 valence electrons. The lowest BCUT2D eigenvalue weighted by molar-refractivity contribution is -0.117. The van der Waals surface area contributed by atoms with Crippen LogP contribution in [0.15, 0.2) is 69.4 Å². The van der Waals surface area contributed by atoms with Crippen LogP contribution in [0, 0.1) is 13.8 Å². The minimum Gasteiger partial charge on any atom is -0.324 e. The van der Waals surface area contributed by atoms with Crippen LogP contribution in [-0.2, 0) is 11.3 Å². The van der Waals surface area contributed by atoms with Crippen LogP contribution < -0.4 is 10.9 Å². The molecule has 2 aromatic carbocycles. The maximum atomic E-state index is 12.4. The van der Waals surface area contributed by atoms with E-state index < -0.39 is 0 Å². The Morgan fingerprint density at radius 1 is 1.03 bits per heavy atom. The first-order valence-corrected chi connectivity index (χ1v) is 10.0. The molecule has 2 aromatic heterocycles. The summed E-state index contributed by atoms with van der Waals surface area (Å²) in [6.07, 6.45) is 0. The van der Waals surface area contributed by atoms with Crippen molar-refractivity contribution >= 4 is 34.3 Å². The number of fused-ring (bicyclic) bond motifs is 1. The van der Waals surface area contributed by atoms with E-state index in [0.717, 1.165) is 21.0 Å². The summed E-state index contributed by atoms with van der Waals surface area (Å²) in [5.41, 5.74) is 2.60. The SMILES string of the molecule is Cc1cc(C)nc(Sc2ccc(NC(=O)Cn3nnc4ccccc4c3=O)cc2)n1. The average Bonchev–Trinajstić information content (AvgIpc) is 2.71. The number of carbonyl (C=O) groups is 1. The number of hydrogen-bond acceptors (Lipinski definition) is 7. The number of hydrogen-bond donors (Lipinski definition) is 1. The molecule has 4 aromatic rings. The van der Waals surface area contributed by atoms with Crippen LogP contribution in [0.3, 0.4) is 0 Å². The van der Waals surface area contributed by atoms with Gasteiger partial charge >= 0.3 is 0 Å². The molecule has 0 radical (unpaired) electrons. The van der Waals surface area contributed by atoms with E-state index in [4.69, 9.17) is 0 Å². The lowest BCUT2D eigenvalue weighted by Gasteiger charge is -2.08. The Balaban J connectivity index is 1.42. The molecule has 0 aliphatic heterocycles. The summed E-state index contributed by atoms with van der Waals surface area (Å²) in [6, 6.07) is 16.2. The van der Waals surface area contributed by atoms with E-state index in [1.54, 1.807) is 36.4 Å². The minimum absolute atomic E-state index is 0.219. The third-order valence-corrected chi connectivity index (χ3v) is 5.10. The number of aromatic nitrogens is 5. The van der Waals surface area contributed by atoms with E-state index >= 15 is 0 Å². The first kappa shape index (κ1) is 19.7. The predicted molar refractivity (Wildman–Crippen MR) is 114 cm³/mol. The molecule has 1 amide bonds. The number of nitrogens with one attached hydrogen (secondary N) is 1. The first-order valence-electron chi connectivity index (χ1n) is 9.20. The van der Waals surface area contributed by atoms with Crippen molar-refractivity contribution in [2.45, 2.75) is 30.4 Å². The normalized spacial score (nSPS) is 10.9. The van der Waals surface area contributed by atoms with Crippen LogP contribution >= 0.6 is 11.8 Å². The zero-order chi connectivity index (χ0) is 21.1. The van der Waals surface area contributed by atoms with E-state index in [2.05, 4.69) is 25.6 Å². The standard InChI is InChI=1S/C21H18N6O2S/c1-13-11-14(2)23-21(22-13)30-16-9-7-15(8-10-16)24-19(28)12-27-20(29)17-5-3-4-6-18(17)25-26-27/h3-11H,12H2,1-2H3,(H,24,28). The van der Waals surface area contributed by atoms with Crippen LogP contribution in [-0.4, -0.2) is 30.9 Å². The molecule has 1 N–H and O–H groups in total. The maximum Gasteiger partial charge on any atom is 0.278 e. The Labute approximate surface area is 176 Å². The summed E-state index contributed by atoms with van der Waals surface area (Å²) in [5, 5.41) is 11.7. The van der Waals surface area contributed by atoms with E-state index in [1.165, 1.54) is 11.8 Å². The number of carbonyl (C=O) groups excluding carboxylic acids is 1. The Hall–Kier alpha value is -3.59. The molecular weight excluding hydrogens is 400 g/mol. The predicted octanol–water partition coefficient (Wildman–Crippen LogP) is 2.99. The quantitative estimate of drug-likeness (QED) is 0.497. The van der Waals surface area contributed by atoms with Crippen molar-refractivity contribution in [1.82, 2.24) is 25.0 Å². The fraction of sp³-hybridized carbons (Fsp3) is 0.143. The highest BCUT2D eigenvalue weighted by Gasteiger charge is 2.10. The Kier molecular flexibility index (Phi) is 5.53. The van der Waals surface area contributed by atoms with Crippen molar-refractivity contribution < 1.29 is 4.79 Å². The van der Waals surface area contributed by atoms with Gasteiger partial charge in [-0.25, -0.2) is 14.6 Å². The number of amides is 1. The maximum absolute atomic E-state index is 12.4. The minimum atomic E-state index is -0.361. The zero-order valence-electron chi connectivity index (χ0n) is 16.4. The van der Waals surface area contributed by atoms with Gasteiger partial charge in [0, 0.05) is 22.0 Å². The van der Waals surface area contributed by atoms with Gasteiger partial charge in [-0.05, 0) is 68.1 Å². The summed E-state index contributed by atoms with van der Waals surface area (Å²) in [5.74, 6) is -0.361. The molecule has 0 atom stereocenters. The summed E-state index contributed by atoms with van der Waals surface area (Å²) in [7, 11) is 0. The van der Waals surface area contributed by atoms with Crippen LogP contribution in [0.4, 0.5) is 5.69 Å². The molecule has 2 heterocycles. The van der Waals surface area contributed by atoms with E-state index in [-0.39, 0.29) is 18.0 Å². The van der Waals surface area contributed by atoms with Crippen molar-refractivity contribution in [2.75, 3.05) is 5.32 Å². The summed E-state index contributed by atoms with van der Waals surface area (Å²) < 4.78 is 1.05. The van der Waals surface area contributed by atoms with Gasteiger partial charge in [-0.3, -0.25) is 9.59 Å². The van der Waals surface area contributed by atoms with Crippen molar-refractivity contribution in [3.8, 4) is 0 Å². The molecule has 30 heavy (non-hydrogen) atoms. The third-order valence-electron chi connectivity index (χ3n) is 4.23. The molecular formula is C21H18N6O2S. The van der Waals surface area contributed by atoms with E-state index in [0.29, 0.717) is 21.7 Å². The average molecular weight is 418 g/mol. The summed E-state index contributed by atoms with van der Waals surface area (Å²) in [6.45, 7) is 3.65. The second-order valence-corrected chi connectivity index (χ2v) is 7.72. The molecule has 0 fully saturated rings. The van der Waals surface area contributed by atoms with Crippen LogP contribution in [0.2, 0.25) is 0 Å². The highest BCUT2D eigenvalue weighted by atomic mass is 32.2. The Morgan fingerprint density at radius 3 is 2.47 bits per heavy atom. The van der Waals surface area contributed by atoms with Gasteiger partial charge in [0.2, 0.25) is 5.91 Å². The first-order chi connectivity index (χ1) is 14.5. The molecule has 0 unspecified atom stereocenters. The number of aryl methyl sites for hydroxylation is 2. The lowest BCUT2D eigenvalue weighted by atomic mass is 10.2. The van der Waals surface area contributed by atoms with E-state index in [9.17, 15) is 9.59 Å². The third kappa shape index (κ3) is 4.52. The highest BCUT2D eigenvalue weighted by molar-refractivity contribution is 7.99. The van der Waals surface area contributed by atoms with Gasteiger partial charge in [0.1, 0.15) is 12.1 Å². The van der Waals surface area contributed by atoms with Gasteiger partial charge in [0.05, 0.1) is 5.39 Å². The number of benzene rings is 2. The number of anilines is 1. The Bertz CT molecular complexity index is 1270. The lowest BCUT2D eigenvalue weighted by Crippen LogP contribution is -2.30. The zero-order valence-corrected chi connectivity index (χ0v) is 17.2. The summed E-state index contributed by atoms with van der Waals surface area (Å²) >= 11 is 1.45. The van der Waals surface area contributed by atoms with Crippen LogP contribution in [0.1, 0.15) is 11.4 Å². The van der Waals surface area contributed by atoms with Gasteiger partial charge in [0.15, 0.2) is 5.16 Å². The molecule has 0 aliphatic carbocycles. The van der Waals surface area contributed by atoms with Crippen LogP contribution in [0.25, 0.3) is 10.9 Å². The number of rotatable bonds is 5. The van der Waals surface area contributed by atoms with Gasteiger partial charge in [-0.15, -0.1) is 5.10 Å². The second-order valence-electron chi connectivity index (χ2n) is 6.68. The molecule has 0 saturated heterocycles. The molecule has 0 spiro atoms. The molecule has 0 aliphatic rings. The topological polar surface area (TPSA) is 103 Å². The molecule has 9 heteroatoms. The second kappa shape index (κ2) is 8.42.